The summed E-state index contributed by atoms with van der Waals surface area (Å²) in [5.74, 6) is 0. The second kappa shape index (κ2) is 5.66. The zero-order valence-electron chi connectivity index (χ0n) is 10.8. The molecule has 1 aromatic heterocycles. The Morgan fingerprint density at radius 3 is 2.31 bits per heavy atom. The fourth-order valence-corrected chi connectivity index (χ4v) is 1.81. The maximum Gasteiger partial charge on any atom is 0.131 e. The Labute approximate surface area is 103 Å². The number of hydrogen-bond acceptors (Lipinski definition) is 3. The van der Waals surface area contributed by atoms with E-state index in [-0.39, 0.29) is 0 Å². The third-order valence-corrected chi connectivity index (χ3v) is 3.10. The molecule has 0 bridgehead atoms. The average Bonchev–Trinajstić information content (AvgIpc) is 2.42. The minimum absolute atomic E-state index is 0.745. The number of aryl methyl sites for hydroxylation is 2. The summed E-state index contributed by atoms with van der Waals surface area (Å²) < 4.78 is 1.73. The van der Waals surface area contributed by atoms with Gasteiger partial charge in [-0.2, -0.15) is 5.10 Å². The molecule has 0 aromatic carbocycles. The van der Waals surface area contributed by atoms with E-state index < -0.39 is 0 Å². The van der Waals surface area contributed by atoms with Crippen LogP contribution >= 0.6 is 11.6 Å². The van der Waals surface area contributed by atoms with Gasteiger partial charge in [0.2, 0.25) is 0 Å². The second-order valence-corrected chi connectivity index (χ2v) is 4.88. The normalized spacial score (nSPS) is 11.8. The maximum absolute atomic E-state index is 6.18. The molecule has 1 aromatic rings. The molecule has 0 spiro atoms. The third-order valence-electron chi connectivity index (χ3n) is 2.63. The lowest BCUT2D eigenvalue weighted by molar-refractivity contribution is 0.276. The van der Waals surface area contributed by atoms with Crippen molar-refractivity contribution in [3.05, 3.63) is 16.4 Å². The van der Waals surface area contributed by atoms with E-state index in [2.05, 4.69) is 36.0 Å². The van der Waals surface area contributed by atoms with E-state index in [1.54, 1.807) is 4.68 Å². The molecule has 0 unspecified atom stereocenters. The van der Waals surface area contributed by atoms with E-state index >= 15 is 0 Å². The molecule has 0 fully saturated rings. The van der Waals surface area contributed by atoms with Crippen LogP contribution in [0.5, 0.6) is 0 Å². The molecule has 1 rings (SSSR count). The van der Waals surface area contributed by atoms with Gasteiger partial charge < -0.3 is 9.80 Å². The molecule has 0 saturated carbocycles. The van der Waals surface area contributed by atoms with Crippen molar-refractivity contribution in [2.45, 2.75) is 13.5 Å². The third kappa shape index (κ3) is 3.47. The lowest BCUT2D eigenvalue weighted by Gasteiger charge is -2.19. The lowest BCUT2D eigenvalue weighted by atomic mass is 10.2. The van der Waals surface area contributed by atoms with Crippen LogP contribution in [0.2, 0.25) is 5.15 Å². The van der Waals surface area contributed by atoms with Gasteiger partial charge in [-0.3, -0.25) is 4.68 Å². The Kier molecular flexibility index (Phi) is 4.77. The predicted molar refractivity (Wildman–Crippen MR) is 67.8 cm³/mol. The zero-order chi connectivity index (χ0) is 12.3. The fourth-order valence-electron chi connectivity index (χ4n) is 1.57. The topological polar surface area (TPSA) is 24.3 Å². The van der Waals surface area contributed by atoms with Gasteiger partial charge in [-0.15, -0.1) is 0 Å². The molecule has 0 amide bonds. The lowest BCUT2D eigenvalue weighted by Crippen LogP contribution is -2.28. The van der Waals surface area contributed by atoms with Crippen molar-refractivity contribution >= 4 is 11.6 Å². The van der Waals surface area contributed by atoms with Crippen molar-refractivity contribution in [2.24, 2.45) is 7.05 Å². The Bertz CT molecular complexity index is 346. The van der Waals surface area contributed by atoms with Crippen molar-refractivity contribution in [1.29, 1.82) is 0 Å². The summed E-state index contributed by atoms with van der Waals surface area (Å²) in [6.07, 6.45) is 0. The Morgan fingerprint density at radius 2 is 1.88 bits per heavy atom. The van der Waals surface area contributed by atoms with Crippen LogP contribution in [0.25, 0.3) is 0 Å². The Hall–Kier alpha value is -0.580. The van der Waals surface area contributed by atoms with E-state index in [1.165, 1.54) is 0 Å². The summed E-state index contributed by atoms with van der Waals surface area (Å²) >= 11 is 6.18. The Balaban J connectivity index is 2.59. The van der Waals surface area contributed by atoms with E-state index in [1.807, 2.05) is 14.0 Å². The number of hydrogen-bond donors (Lipinski definition) is 0. The quantitative estimate of drug-likeness (QED) is 0.782. The molecule has 0 saturated heterocycles. The van der Waals surface area contributed by atoms with Crippen molar-refractivity contribution in [3.63, 3.8) is 0 Å². The van der Waals surface area contributed by atoms with Gasteiger partial charge in [-0.05, 0) is 28.1 Å². The number of nitrogens with zero attached hydrogens (tertiary/aromatic N) is 4. The number of aromatic nitrogens is 2. The van der Waals surface area contributed by atoms with Gasteiger partial charge >= 0.3 is 0 Å². The molecule has 1 heterocycles. The first-order valence-corrected chi connectivity index (χ1v) is 5.81. The van der Waals surface area contributed by atoms with Gasteiger partial charge in [0.25, 0.3) is 0 Å². The van der Waals surface area contributed by atoms with E-state index in [0.29, 0.717) is 0 Å². The number of halogens is 1. The highest BCUT2D eigenvalue weighted by Gasteiger charge is 2.12. The number of rotatable bonds is 5. The molecule has 0 radical (unpaired) electrons. The largest absolute Gasteiger partial charge is 0.308 e. The number of likely N-dealkylation sites (N-methyl/N-ethyl adjacent to an activating group) is 2. The summed E-state index contributed by atoms with van der Waals surface area (Å²) in [7, 11) is 8.14. The highest BCUT2D eigenvalue weighted by molar-refractivity contribution is 6.30. The zero-order valence-corrected chi connectivity index (χ0v) is 11.5. The standard InChI is InChI=1S/C11H21ClN4/c1-9-10(11(12)16(5)13-9)8-15(4)7-6-14(2)3/h6-8H2,1-5H3. The molecule has 16 heavy (non-hydrogen) atoms. The first kappa shape index (κ1) is 13.5. The molecule has 92 valence electrons. The minimum Gasteiger partial charge on any atom is -0.308 e. The summed E-state index contributed by atoms with van der Waals surface area (Å²) in [6, 6.07) is 0. The SMILES string of the molecule is Cc1nn(C)c(Cl)c1CN(C)CCN(C)C. The molecule has 0 aliphatic rings. The molecular weight excluding hydrogens is 224 g/mol. The van der Waals surface area contributed by atoms with Gasteiger partial charge in [-0.25, -0.2) is 0 Å². The summed E-state index contributed by atoms with van der Waals surface area (Å²) in [5.41, 5.74) is 2.15. The van der Waals surface area contributed by atoms with Crippen LogP contribution in [0.4, 0.5) is 0 Å². The highest BCUT2D eigenvalue weighted by Crippen LogP contribution is 2.19. The van der Waals surface area contributed by atoms with Crippen molar-refractivity contribution < 1.29 is 0 Å². The molecular formula is C11H21ClN4. The van der Waals surface area contributed by atoms with E-state index in [0.717, 1.165) is 36.0 Å². The van der Waals surface area contributed by atoms with Gasteiger partial charge in [0, 0.05) is 32.2 Å². The minimum atomic E-state index is 0.745. The van der Waals surface area contributed by atoms with Crippen molar-refractivity contribution in [1.82, 2.24) is 19.6 Å². The highest BCUT2D eigenvalue weighted by atomic mass is 35.5. The van der Waals surface area contributed by atoms with Crippen LogP contribution in [-0.2, 0) is 13.6 Å². The van der Waals surface area contributed by atoms with Crippen LogP contribution in [-0.4, -0.2) is 53.8 Å². The van der Waals surface area contributed by atoms with Gasteiger partial charge in [0.15, 0.2) is 0 Å². The Morgan fingerprint density at radius 1 is 1.25 bits per heavy atom. The van der Waals surface area contributed by atoms with E-state index in [4.69, 9.17) is 11.6 Å². The molecule has 4 nitrogen and oxygen atoms in total. The van der Waals surface area contributed by atoms with Crippen LogP contribution in [0.15, 0.2) is 0 Å². The first-order valence-electron chi connectivity index (χ1n) is 5.43. The van der Waals surface area contributed by atoms with Gasteiger partial charge in [0.05, 0.1) is 5.69 Å². The van der Waals surface area contributed by atoms with Crippen molar-refractivity contribution in [3.8, 4) is 0 Å². The molecule has 0 N–H and O–H groups in total. The average molecular weight is 245 g/mol. The monoisotopic (exact) mass is 244 g/mol. The molecule has 0 aliphatic carbocycles. The summed E-state index contributed by atoms with van der Waals surface area (Å²) in [4.78, 5) is 4.43. The summed E-state index contributed by atoms with van der Waals surface area (Å²) in [6.45, 7) is 4.93. The molecule has 0 aliphatic heterocycles. The first-order chi connectivity index (χ1) is 7.41. The molecule has 0 atom stereocenters. The van der Waals surface area contributed by atoms with Crippen molar-refractivity contribution in [2.75, 3.05) is 34.2 Å². The van der Waals surface area contributed by atoms with Gasteiger partial charge in [0.1, 0.15) is 5.15 Å². The van der Waals surface area contributed by atoms with Gasteiger partial charge in [-0.1, -0.05) is 11.6 Å². The summed E-state index contributed by atoms with van der Waals surface area (Å²) in [5, 5.41) is 5.05. The predicted octanol–water partition coefficient (Wildman–Crippen LogP) is 1.38. The van der Waals surface area contributed by atoms with Crippen LogP contribution in [0.1, 0.15) is 11.3 Å². The fraction of sp³-hybridized carbons (Fsp3) is 0.727. The van der Waals surface area contributed by atoms with Crippen LogP contribution in [0, 0.1) is 6.92 Å². The second-order valence-electron chi connectivity index (χ2n) is 4.52. The van der Waals surface area contributed by atoms with E-state index in [9.17, 15) is 0 Å². The smallest absolute Gasteiger partial charge is 0.131 e. The van der Waals surface area contributed by atoms with Crippen LogP contribution in [0.3, 0.4) is 0 Å². The van der Waals surface area contributed by atoms with Crippen LogP contribution < -0.4 is 0 Å². The maximum atomic E-state index is 6.18. The molecule has 5 heteroatoms.